The number of nitrogens with one attached hydrogen (secondary N) is 1. The molecule has 0 aliphatic carbocycles. The molecule has 3 aliphatic heterocycles. The van der Waals surface area contributed by atoms with Gasteiger partial charge in [0.25, 0.3) is 0 Å². The van der Waals surface area contributed by atoms with Gasteiger partial charge in [-0.15, -0.1) is 0 Å². The molecule has 0 aromatic carbocycles. The number of hydrogen-bond donors (Lipinski definition) is 1. The van der Waals surface area contributed by atoms with Crippen LogP contribution in [0.25, 0.3) is 0 Å². The second-order valence-corrected chi connectivity index (χ2v) is 9.03. The number of rotatable bonds is 4. The van der Waals surface area contributed by atoms with Gasteiger partial charge in [0.2, 0.25) is 0 Å². The van der Waals surface area contributed by atoms with Crippen LogP contribution in [0.3, 0.4) is 0 Å². The molecule has 3 rings (SSSR count). The van der Waals surface area contributed by atoms with Crippen molar-refractivity contribution in [3.05, 3.63) is 0 Å². The van der Waals surface area contributed by atoms with E-state index in [0.29, 0.717) is 0 Å². The first-order valence-corrected chi connectivity index (χ1v) is 10.6. The number of thioether (sulfide) groups is 2. The molecule has 20 heavy (non-hydrogen) atoms. The minimum atomic E-state index is 0.237. The molecule has 0 aromatic heterocycles. The largest absolute Gasteiger partial charge is 0.374 e. The van der Waals surface area contributed by atoms with Crippen LogP contribution in [0.2, 0.25) is 0 Å². The maximum atomic E-state index is 6.22. The maximum absolute atomic E-state index is 6.22. The molecular formula is C16H29NOS2. The second-order valence-electron chi connectivity index (χ2n) is 6.58. The molecule has 4 unspecified atom stereocenters. The fourth-order valence-electron chi connectivity index (χ4n) is 4.12. The third kappa shape index (κ3) is 3.50. The van der Waals surface area contributed by atoms with Crippen LogP contribution in [0.5, 0.6) is 0 Å². The highest BCUT2D eigenvalue weighted by atomic mass is 32.2. The van der Waals surface area contributed by atoms with Crippen LogP contribution in [-0.4, -0.2) is 47.3 Å². The average Bonchev–Trinajstić information content (AvgIpc) is 2.93. The highest BCUT2D eigenvalue weighted by Crippen LogP contribution is 2.43. The van der Waals surface area contributed by atoms with Crippen LogP contribution in [-0.2, 0) is 4.74 Å². The van der Waals surface area contributed by atoms with Crippen LogP contribution in [0.15, 0.2) is 0 Å². The highest BCUT2D eigenvalue weighted by Gasteiger charge is 2.43. The van der Waals surface area contributed by atoms with Crippen LogP contribution in [0.4, 0.5) is 0 Å². The summed E-state index contributed by atoms with van der Waals surface area (Å²) in [5, 5.41) is 4.69. The van der Waals surface area contributed by atoms with Crippen LogP contribution in [0, 0.1) is 5.92 Å². The Balaban J connectivity index is 1.66. The van der Waals surface area contributed by atoms with E-state index < -0.39 is 0 Å². The molecule has 3 aliphatic rings. The normalized spacial score (nSPS) is 40.0. The van der Waals surface area contributed by atoms with E-state index in [-0.39, 0.29) is 5.60 Å². The van der Waals surface area contributed by atoms with E-state index in [9.17, 15) is 0 Å². The first-order chi connectivity index (χ1) is 9.83. The lowest BCUT2D eigenvalue weighted by Crippen LogP contribution is -2.51. The molecule has 4 atom stereocenters. The van der Waals surface area contributed by atoms with E-state index in [2.05, 4.69) is 35.8 Å². The van der Waals surface area contributed by atoms with Gasteiger partial charge in [0.05, 0.1) is 5.60 Å². The summed E-state index contributed by atoms with van der Waals surface area (Å²) in [5.41, 5.74) is 0.237. The Morgan fingerprint density at radius 1 is 1.30 bits per heavy atom. The lowest BCUT2D eigenvalue weighted by atomic mass is 9.79. The first-order valence-electron chi connectivity index (χ1n) is 8.40. The Morgan fingerprint density at radius 2 is 2.25 bits per heavy atom. The third-order valence-corrected chi connectivity index (χ3v) is 7.87. The number of hydrogen-bond acceptors (Lipinski definition) is 4. The summed E-state index contributed by atoms with van der Waals surface area (Å²) in [4.78, 5) is 0. The molecule has 3 saturated heterocycles. The van der Waals surface area contributed by atoms with Gasteiger partial charge in [-0.2, -0.15) is 23.5 Å². The van der Waals surface area contributed by atoms with Gasteiger partial charge in [-0.1, -0.05) is 13.3 Å². The molecule has 116 valence electrons. The molecule has 0 amide bonds. The zero-order valence-electron chi connectivity index (χ0n) is 12.7. The van der Waals surface area contributed by atoms with Gasteiger partial charge in [-0.05, 0) is 56.1 Å². The Morgan fingerprint density at radius 3 is 2.95 bits per heavy atom. The van der Waals surface area contributed by atoms with Crippen molar-refractivity contribution >= 4 is 23.5 Å². The van der Waals surface area contributed by atoms with Gasteiger partial charge in [-0.25, -0.2) is 0 Å². The fourth-order valence-corrected chi connectivity index (χ4v) is 7.03. The van der Waals surface area contributed by atoms with Crippen LogP contribution >= 0.6 is 23.5 Å². The van der Waals surface area contributed by atoms with Gasteiger partial charge >= 0.3 is 0 Å². The summed E-state index contributed by atoms with van der Waals surface area (Å²) in [6.07, 6.45) is 8.13. The predicted molar refractivity (Wildman–Crippen MR) is 90.9 cm³/mol. The summed E-state index contributed by atoms with van der Waals surface area (Å²) >= 11 is 4.32. The van der Waals surface area contributed by atoms with E-state index in [0.717, 1.165) is 30.4 Å². The van der Waals surface area contributed by atoms with Crippen molar-refractivity contribution in [2.45, 2.75) is 62.3 Å². The Bertz CT molecular complexity index is 301. The van der Waals surface area contributed by atoms with Crippen molar-refractivity contribution in [3.63, 3.8) is 0 Å². The average molecular weight is 316 g/mol. The van der Waals surface area contributed by atoms with E-state index in [1.165, 1.54) is 55.8 Å². The quantitative estimate of drug-likeness (QED) is 0.856. The predicted octanol–water partition coefficient (Wildman–Crippen LogP) is 3.55. The summed E-state index contributed by atoms with van der Waals surface area (Å²) < 4.78 is 6.22. The Hall–Kier alpha value is 0.620. The molecule has 3 heterocycles. The third-order valence-electron chi connectivity index (χ3n) is 5.16. The van der Waals surface area contributed by atoms with Crippen LogP contribution in [0.1, 0.15) is 45.4 Å². The van der Waals surface area contributed by atoms with Crippen molar-refractivity contribution in [2.75, 3.05) is 30.4 Å². The van der Waals surface area contributed by atoms with Crippen LogP contribution < -0.4 is 5.32 Å². The summed E-state index contributed by atoms with van der Waals surface area (Å²) in [6, 6.07) is 0.719. The van der Waals surface area contributed by atoms with Gasteiger partial charge in [0.1, 0.15) is 0 Å². The molecule has 4 heteroatoms. The Labute approximate surface area is 132 Å². The molecular weight excluding hydrogens is 286 g/mol. The minimum absolute atomic E-state index is 0.237. The topological polar surface area (TPSA) is 21.3 Å². The van der Waals surface area contributed by atoms with E-state index in [1.54, 1.807) is 0 Å². The lowest BCUT2D eigenvalue weighted by molar-refractivity contribution is -0.0852. The smallest absolute Gasteiger partial charge is 0.0783 e. The number of ether oxygens (including phenoxy) is 1. The van der Waals surface area contributed by atoms with Crippen molar-refractivity contribution < 1.29 is 4.74 Å². The molecule has 0 radical (unpaired) electrons. The van der Waals surface area contributed by atoms with Gasteiger partial charge < -0.3 is 10.1 Å². The van der Waals surface area contributed by atoms with E-state index >= 15 is 0 Å². The van der Waals surface area contributed by atoms with Gasteiger partial charge in [0.15, 0.2) is 0 Å². The summed E-state index contributed by atoms with van der Waals surface area (Å²) in [7, 11) is 0. The zero-order chi connectivity index (χ0) is 13.8. The summed E-state index contributed by atoms with van der Waals surface area (Å²) in [5.74, 6) is 4.74. The minimum Gasteiger partial charge on any atom is -0.374 e. The maximum Gasteiger partial charge on any atom is 0.0783 e. The SMILES string of the molecule is CCNC(C1CCOC2(CCSC2)C1)C1CCCCS1. The molecule has 1 spiro atoms. The highest BCUT2D eigenvalue weighted by molar-refractivity contribution is 8.00. The standard InChI is InChI=1S/C16H29NOS2/c1-2-17-15(14-5-3-4-9-20-14)13-6-8-18-16(11-13)7-10-19-12-16/h13-15,17H,2-12H2,1H3. The van der Waals surface area contributed by atoms with E-state index in [4.69, 9.17) is 4.74 Å². The molecule has 3 fully saturated rings. The van der Waals surface area contributed by atoms with Crippen molar-refractivity contribution in [1.29, 1.82) is 0 Å². The molecule has 0 saturated carbocycles. The summed E-state index contributed by atoms with van der Waals surface area (Å²) in [6.45, 7) is 4.37. The monoisotopic (exact) mass is 315 g/mol. The Kier molecular flexibility index (Phi) is 5.63. The van der Waals surface area contributed by atoms with E-state index in [1.807, 2.05) is 0 Å². The lowest BCUT2D eigenvalue weighted by Gasteiger charge is -2.44. The molecule has 2 nitrogen and oxygen atoms in total. The van der Waals surface area contributed by atoms with Gasteiger partial charge in [0, 0.05) is 23.7 Å². The molecule has 0 bridgehead atoms. The second kappa shape index (κ2) is 7.26. The van der Waals surface area contributed by atoms with Crippen molar-refractivity contribution in [3.8, 4) is 0 Å². The van der Waals surface area contributed by atoms with Gasteiger partial charge in [-0.3, -0.25) is 0 Å². The first kappa shape index (κ1) is 15.5. The molecule has 1 N–H and O–H groups in total. The fraction of sp³-hybridized carbons (Fsp3) is 1.00. The zero-order valence-corrected chi connectivity index (χ0v) is 14.4. The molecule has 0 aromatic rings. The van der Waals surface area contributed by atoms with Crippen molar-refractivity contribution in [2.24, 2.45) is 5.92 Å². The van der Waals surface area contributed by atoms with Crippen molar-refractivity contribution in [1.82, 2.24) is 5.32 Å².